The molecular weight excluding hydrogens is 357 g/mol. The van der Waals surface area contributed by atoms with Crippen molar-refractivity contribution in [1.29, 1.82) is 0 Å². The van der Waals surface area contributed by atoms with Crippen LogP contribution in [0.25, 0.3) is 0 Å². The van der Waals surface area contributed by atoms with E-state index in [-0.39, 0.29) is 18.3 Å². The summed E-state index contributed by atoms with van der Waals surface area (Å²) in [6, 6.07) is 11.4. The number of thioether (sulfide) groups is 1. The van der Waals surface area contributed by atoms with E-state index in [1.807, 2.05) is 6.07 Å². The number of rotatable bonds is 6. The van der Waals surface area contributed by atoms with Gasteiger partial charge in [0, 0.05) is 0 Å². The van der Waals surface area contributed by atoms with Gasteiger partial charge >= 0.3 is 0 Å². The third-order valence-electron chi connectivity index (χ3n) is 3.44. The summed E-state index contributed by atoms with van der Waals surface area (Å²) in [5.74, 6) is 1.11. The zero-order valence-corrected chi connectivity index (χ0v) is 14.8. The molecule has 0 atom stereocenters. The van der Waals surface area contributed by atoms with Crippen molar-refractivity contribution < 1.29 is 18.7 Å². The van der Waals surface area contributed by atoms with Crippen molar-refractivity contribution in [2.24, 2.45) is 10.2 Å². The molecule has 0 unspecified atom stereocenters. The topological polar surface area (TPSA) is 72.3 Å². The number of carbonyl (C=O) groups is 1. The number of halogens is 1. The smallest absolute Gasteiger partial charge is 0.236 e. The highest BCUT2D eigenvalue weighted by atomic mass is 32.2. The highest BCUT2D eigenvalue weighted by Crippen LogP contribution is 2.28. The Morgan fingerprint density at radius 1 is 1.23 bits per heavy atom. The van der Waals surface area contributed by atoms with Crippen molar-refractivity contribution in [2.75, 3.05) is 12.9 Å². The Kier molecular flexibility index (Phi) is 5.85. The number of amidine groups is 1. The molecular formula is C18H16FN3O3S. The zero-order valence-electron chi connectivity index (χ0n) is 13.9. The number of amides is 1. The minimum atomic E-state index is -0.289. The second-order valence-electron chi connectivity index (χ2n) is 5.31. The van der Waals surface area contributed by atoms with Crippen LogP contribution >= 0.6 is 11.8 Å². The predicted molar refractivity (Wildman–Crippen MR) is 99.4 cm³/mol. The van der Waals surface area contributed by atoms with E-state index in [0.29, 0.717) is 22.4 Å². The molecule has 1 aliphatic heterocycles. The number of nitrogens with one attached hydrogen (secondary N) is 1. The molecule has 3 rings (SSSR count). The molecule has 8 heteroatoms. The molecule has 0 bridgehead atoms. The van der Waals surface area contributed by atoms with Crippen LogP contribution in [0.2, 0.25) is 0 Å². The maximum atomic E-state index is 13.0. The number of nitrogens with zero attached hydrogens (tertiary/aromatic N) is 2. The summed E-state index contributed by atoms with van der Waals surface area (Å²) >= 11 is 1.31. The summed E-state index contributed by atoms with van der Waals surface area (Å²) in [6.45, 7) is 0.280. The standard InChI is InChI=1S/C18H16FN3O3S/c1-24-15-7-4-13(9-20-22-18-21-17(23)11-26-18)8-16(15)25-10-12-2-5-14(19)6-3-12/h2-9H,10-11H2,1H3,(H,21,22,23). The number of methoxy groups -OCH3 is 1. The largest absolute Gasteiger partial charge is 0.493 e. The van der Waals surface area contributed by atoms with Gasteiger partial charge in [0.05, 0.1) is 19.1 Å². The van der Waals surface area contributed by atoms with Crippen LogP contribution in [0.4, 0.5) is 4.39 Å². The van der Waals surface area contributed by atoms with E-state index in [1.54, 1.807) is 37.6 Å². The molecule has 1 N–H and O–H groups in total. The van der Waals surface area contributed by atoms with Gasteiger partial charge in [-0.2, -0.15) is 5.10 Å². The molecule has 134 valence electrons. The van der Waals surface area contributed by atoms with E-state index in [1.165, 1.54) is 23.9 Å². The number of carbonyl (C=O) groups excluding carboxylic acids is 1. The fourth-order valence-corrected chi connectivity index (χ4v) is 2.79. The first kappa shape index (κ1) is 17.9. The number of ether oxygens (including phenoxy) is 2. The molecule has 1 saturated heterocycles. The van der Waals surface area contributed by atoms with Gasteiger partial charge in [-0.15, -0.1) is 5.10 Å². The molecule has 1 fully saturated rings. The Bertz CT molecular complexity index is 853. The first-order chi connectivity index (χ1) is 12.6. The molecule has 2 aromatic rings. The highest BCUT2D eigenvalue weighted by Gasteiger charge is 2.15. The van der Waals surface area contributed by atoms with Crippen molar-refractivity contribution in [3.8, 4) is 11.5 Å². The third-order valence-corrected chi connectivity index (χ3v) is 4.30. The van der Waals surface area contributed by atoms with Gasteiger partial charge < -0.3 is 14.8 Å². The SMILES string of the molecule is COc1ccc(C=NN=C2NC(=O)CS2)cc1OCc1ccc(F)cc1. The Morgan fingerprint density at radius 3 is 2.73 bits per heavy atom. The van der Waals surface area contributed by atoms with E-state index in [0.717, 1.165) is 11.1 Å². The summed E-state index contributed by atoms with van der Waals surface area (Å²) in [5.41, 5.74) is 1.60. The molecule has 1 heterocycles. The molecule has 2 aromatic carbocycles. The lowest BCUT2D eigenvalue weighted by Crippen LogP contribution is -2.19. The second kappa shape index (κ2) is 8.48. The van der Waals surface area contributed by atoms with Crippen molar-refractivity contribution in [1.82, 2.24) is 5.32 Å². The minimum absolute atomic E-state index is 0.0788. The first-order valence-electron chi connectivity index (χ1n) is 7.73. The number of benzene rings is 2. The van der Waals surface area contributed by atoms with Crippen LogP contribution in [-0.2, 0) is 11.4 Å². The van der Waals surface area contributed by atoms with Gasteiger partial charge in [0.25, 0.3) is 0 Å². The summed E-state index contributed by atoms with van der Waals surface area (Å²) in [5, 5.41) is 11.0. The predicted octanol–water partition coefficient (Wildman–Crippen LogP) is 2.97. The van der Waals surface area contributed by atoms with Crippen LogP contribution in [0.3, 0.4) is 0 Å². The van der Waals surface area contributed by atoms with Gasteiger partial charge in [0.15, 0.2) is 16.7 Å². The molecule has 1 amide bonds. The normalized spacial score (nSPS) is 15.5. The molecule has 6 nitrogen and oxygen atoms in total. The fourth-order valence-electron chi connectivity index (χ4n) is 2.16. The average molecular weight is 373 g/mol. The van der Waals surface area contributed by atoms with E-state index in [2.05, 4.69) is 15.5 Å². The molecule has 26 heavy (non-hydrogen) atoms. The minimum Gasteiger partial charge on any atom is -0.493 e. The lowest BCUT2D eigenvalue weighted by atomic mass is 10.2. The number of hydrogen-bond acceptors (Lipinski definition) is 6. The summed E-state index contributed by atoms with van der Waals surface area (Å²) in [6.07, 6.45) is 1.56. The Balaban J connectivity index is 1.69. The van der Waals surface area contributed by atoms with Crippen molar-refractivity contribution in [2.45, 2.75) is 6.61 Å². The average Bonchev–Trinajstić information content (AvgIpc) is 3.06. The van der Waals surface area contributed by atoms with Crippen LogP contribution < -0.4 is 14.8 Å². The summed E-state index contributed by atoms with van der Waals surface area (Å²) in [7, 11) is 1.56. The molecule has 0 saturated carbocycles. The van der Waals surface area contributed by atoms with Crippen molar-refractivity contribution >= 4 is 29.1 Å². The van der Waals surface area contributed by atoms with Gasteiger partial charge in [-0.3, -0.25) is 4.79 Å². The quantitative estimate of drug-likeness (QED) is 0.624. The lowest BCUT2D eigenvalue weighted by Gasteiger charge is -2.11. The lowest BCUT2D eigenvalue weighted by molar-refractivity contribution is -0.116. The molecule has 0 aliphatic carbocycles. The second-order valence-corrected chi connectivity index (χ2v) is 6.28. The first-order valence-corrected chi connectivity index (χ1v) is 8.71. The maximum Gasteiger partial charge on any atom is 0.236 e. The Hall–Kier alpha value is -2.87. The molecule has 0 spiro atoms. The monoisotopic (exact) mass is 373 g/mol. The highest BCUT2D eigenvalue weighted by molar-refractivity contribution is 8.15. The maximum absolute atomic E-state index is 13.0. The van der Waals surface area contributed by atoms with Gasteiger partial charge in [0.2, 0.25) is 5.91 Å². The van der Waals surface area contributed by atoms with E-state index in [4.69, 9.17) is 9.47 Å². The number of hydrogen-bond donors (Lipinski definition) is 1. The molecule has 1 aliphatic rings. The van der Waals surface area contributed by atoms with Gasteiger partial charge in [-0.1, -0.05) is 23.9 Å². The molecule has 0 aromatic heterocycles. The van der Waals surface area contributed by atoms with Gasteiger partial charge in [-0.25, -0.2) is 4.39 Å². The van der Waals surface area contributed by atoms with Crippen LogP contribution in [-0.4, -0.2) is 30.2 Å². The van der Waals surface area contributed by atoms with Crippen LogP contribution in [0.1, 0.15) is 11.1 Å². The van der Waals surface area contributed by atoms with E-state index < -0.39 is 0 Å². The Labute approximate surface area is 154 Å². The van der Waals surface area contributed by atoms with Crippen LogP contribution in [0.15, 0.2) is 52.7 Å². The summed E-state index contributed by atoms with van der Waals surface area (Å²) < 4.78 is 24.0. The Morgan fingerprint density at radius 2 is 2.04 bits per heavy atom. The zero-order chi connectivity index (χ0) is 18.4. The fraction of sp³-hybridized carbons (Fsp3) is 0.167. The van der Waals surface area contributed by atoms with Crippen molar-refractivity contribution in [3.63, 3.8) is 0 Å². The van der Waals surface area contributed by atoms with Crippen molar-refractivity contribution in [3.05, 3.63) is 59.4 Å². The summed E-state index contributed by atoms with van der Waals surface area (Å²) in [4.78, 5) is 11.1. The van der Waals surface area contributed by atoms with Crippen LogP contribution in [0.5, 0.6) is 11.5 Å². The molecule has 0 radical (unpaired) electrons. The van der Waals surface area contributed by atoms with E-state index in [9.17, 15) is 9.18 Å². The van der Waals surface area contributed by atoms with Crippen LogP contribution in [0, 0.1) is 5.82 Å². The van der Waals surface area contributed by atoms with Gasteiger partial charge in [-0.05, 0) is 41.5 Å². The third kappa shape index (κ3) is 4.82. The van der Waals surface area contributed by atoms with E-state index >= 15 is 0 Å². The van der Waals surface area contributed by atoms with Gasteiger partial charge in [0.1, 0.15) is 12.4 Å².